The summed E-state index contributed by atoms with van der Waals surface area (Å²) in [6.45, 7) is 0.972. The first kappa shape index (κ1) is 15.6. The van der Waals surface area contributed by atoms with Crippen LogP contribution in [0.25, 0.3) is 11.4 Å². The fourth-order valence-electron chi connectivity index (χ4n) is 2.85. The average Bonchev–Trinajstić information content (AvgIpc) is 2.62. The number of benzene rings is 1. The lowest BCUT2D eigenvalue weighted by Crippen LogP contribution is -2.21. The fourth-order valence-corrected chi connectivity index (χ4v) is 2.85. The van der Waals surface area contributed by atoms with Crippen molar-refractivity contribution in [2.45, 2.75) is 19.3 Å². The Morgan fingerprint density at radius 3 is 2.40 bits per heavy atom. The monoisotopic (exact) mass is 331 g/mol. The second-order valence-corrected chi connectivity index (χ2v) is 6.37. The van der Waals surface area contributed by atoms with Crippen LogP contribution in [0.5, 0.6) is 0 Å². The molecule has 3 aromatic rings. The smallest absolute Gasteiger partial charge is 0.163 e. The number of pyridine rings is 1. The first-order chi connectivity index (χ1) is 12.4. The second kappa shape index (κ2) is 7.30. The Labute approximate surface area is 147 Å². The number of hydrogen-bond acceptors (Lipinski definition) is 5. The van der Waals surface area contributed by atoms with Crippen LogP contribution >= 0.6 is 0 Å². The van der Waals surface area contributed by atoms with Gasteiger partial charge in [-0.25, -0.2) is 9.97 Å². The van der Waals surface area contributed by atoms with E-state index < -0.39 is 0 Å². The van der Waals surface area contributed by atoms with E-state index in [0.717, 1.165) is 41.2 Å². The van der Waals surface area contributed by atoms with Gasteiger partial charge in [0.05, 0.1) is 0 Å². The maximum Gasteiger partial charge on any atom is 0.163 e. The summed E-state index contributed by atoms with van der Waals surface area (Å²) in [5, 5.41) is 6.82. The number of aromatic nitrogens is 3. The largest absolute Gasteiger partial charge is 0.370 e. The van der Waals surface area contributed by atoms with Crippen molar-refractivity contribution in [3.8, 4) is 11.4 Å². The summed E-state index contributed by atoms with van der Waals surface area (Å²) in [5.41, 5.74) is 1.96. The van der Waals surface area contributed by atoms with Crippen molar-refractivity contribution in [3.05, 3.63) is 60.9 Å². The number of nitrogens with one attached hydrogen (secondary N) is 2. The van der Waals surface area contributed by atoms with Gasteiger partial charge in [0.2, 0.25) is 0 Å². The Morgan fingerprint density at radius 2 is 1.68 bits per heavy atom. The van der Waals surface area contributed by atoms with Crippen molar-refractivity contribution < 1.29 is 0 Å². The van der Waals surface area contributed by atoms with Crippen molar-refractivity contribution in [1.29, 1.82) is 0 Å². The summed E-state index contributed by atoms with van der Waals surface area (Å²) < 4.78 is 0. The first-order valence-electron chi connectivity index (χ1n) is 8.72. The van der Waals surface area contributed by atoms with Crippen LogP contribution in [-0.4, -0.2) is 21.5 Å². The van der Waals surface area contributed by atoms with Crippen LogP contribution in [-0.2, 0) is 0 Å². The molecule has 0 bridgehead atoms. The van der Waals surface area contributed by atoms with E-state index in [2.05, 4.69) is 20.6 Å². The minimum absolute atomic E-state index is 0.718. The standard InChI is InChI=1S/C20H21N5/c1-2-7-16(8-3-1)20-24-18(22-14-15-5-4-6-15)13-19(25-20)23-17-9-11-21-12-10-17/h1-3,7-13,15H,4-6,14H2,(H2,21,22,23,24,25). The molecule has 0 saturated heterocycles. The van der Waals surface area contributed by atoms with E-state index in [1.54, 1.807) is 12.4 Å². The maximum atomic E-state index is 4.70. The molecule has 5 heteroatoms. The highest BCUT2D eigenvalue weighted by Crippen LogP contribution is 2.27. The summed E-state index contributed by atoms with van der Waals surface area (Å²) in [7, 11) is 0. The number of anilines is 3. The van der Waals surface area contributed by atoms with Gasteiger partial charge in [-0.2, -0.15) is 0 Å². The molecule has 0 aliphatic heterocycles. The summed E-state index contributed by atoms with van der Waals surface area (Å²) in [5.74, 6) is 3.12. The predicted octanol–water partition coefficient (Wildman–Crippen LogP) is 4.49. The molecule has 2 aromatic heterocycles. The zero-order valence-electron chi connectivity index (χ0n) is 14.0. The Morgan fingerprint density at radius 1 is 0.920 bits per heavy atom. The van der Waals surface area contributed by atoms with E-state index in [1.165, 1.54) is 19.3 Å². The van der Waals surface area contributed by atoms with Gasteiger partial charge >= 0.3 is 0 Å². The molecular formula is C20H21N5. The molecule has 0 atom stereocenters. The minimum Gasteiger partial charge on any atom is -0.370 e. The number of hydrogen-bond donors (Lipinski definition) is 2. The van der Waals surface area contributed by atoms with Gasteiger partial charge < -0.3 is 10.6 Å². The lowest BCUT2D eigenvalue weighted by atomic mass is 9.85. The third-order valence-corrected chi connectivity index (χ3v) is 4.51. The normalized spacial score (nSPS) is 13.9. The Bertz CT molecular complexity index is 816. The van der Waals surface area contributed by atoms with Crippen molar-refractivity contribution in [2.24, 2.45) is 5.92 Å². The highest BCUT2D eigenvalue weighted by molar-refractivity contribution is 5.64. The Hall–Kier alpha value is -2.95. The van der Waals surface area contributed by atoms with Crippen LogP contribution in [0.1, 0.15) is 19.3 Å². The zero-order valence-corrected chi connectivity index (χ0v) is 14.0. The maximum absolute atomic E-state index is 4.70. The topological polar surface area (TPSA) is 62.7 Å². The second-order valence-electron chi connectivity index (χ2n) is 6.37. The molecule has 1 fully saturated rings. The van der Waals surface area contributed by atoms with Crippen molar-refractivity contribution in [1.82, 2.24) is 15.0 Å². The van der Waals surface area contributed by atoms with Gasteiger partial charge in [0.15, 0.2) is 5.82 Å². The van der Waals surface area contributed by atoms with Crippen molar-refractivity contribution >= 4 is 17.3 Å². The fraction of sp³-hybridized carbons (Fsp3) is 0.250. The lowest BCUT2D eigenvalue weighted by molar-refractivity contribution is 0.333. The van der Waals surface area contributed by atoms with Crippen LogP contribution in [0.4, 0.5) is 17.3 Å². The molecule has 0 unspecified atom stereocenters. The molecule has 25 heavy (non-hydrogen) atoms. The van der Waals surface area contributed by atoms with E-state index in [-0.39, 0.29) is 0 Å². The summed E-state index contributed by atoms with van der Waals surface area (Å²) >= 11 is 0. The number of rotatable bonds is 6. The van der Waals surface area contributed by atoms with Crippen molar-refractivity contribution in [3.63, 3.8) is 0 Å². The molecule has 4 rings (SSSR count). The molecule has 0 spiro atoms. The molecule has 2 heterocycles. The van der Waals surface area contributed by atoms with Crippen molar-refractivity contribution in [2.75, 3.05) is 17.2 Å². The molecular weight excluding hydrogens is 310 g/mol. The molecule has 1 aromatic carbocycles. The van der Waals surface area contributed by atoms with Crippen LogP contribution in [0, 0.1) is 5.92 Å². The highest BCUT2D eigenvalue weighted by Gasteiger charge is 2.17. The molecule has 126 valence electrons. The van der Waals surface area contributed by atoms with Crippen LogP contribution in [0.3, 0.4) is 0 Å². The van der Waals surface area contributed by atoms with E-state index in [1.807, 2.05) is 48.5 Å². The molecule has 1 aliphatic rings. The van der Waals surface area contributed by atoms with Gasteiger partial charge in [-0.15, -0.1) is 0 Å². The Kier molecular flexibility index (Phi) is 4.55. The van der Waals surface area contributed by atoms with Gasteiger partial charge in [-0.3, -0.25) is 4.98 Å². The van der Waals surface area contributed by atoms with Gasteiger partial charge in [0.25, 0.3) is 0 Å². The van der Waals surface area contributed by atoms with E-state index in [4.69, 9.17) is 4.98 Å². The van der Waals surface area contributed by atoms with Crippen LogP contribution in [0.2, 0.25) is 0 Å². The Balaban J connectivity index is 1.62. The first-order valence-corrected chi connectivity index (χ1v) is 8.72. The molecule has 0 radical (unpaired) electrons. The highest BCUT2D eigenvalue weighted by atomic mass is 15.1. The SMILES string of the molecule is c1ccc(-c2nc(NCC3CCC3)cc(Nc3ccncc3)n2)cc1. The van der Waals surface area contributed by atoms with Gasteiger partial charge in [0, 0.05) is 36.3 Å². The van der Waals surface area contributed by atoms with Gasteiger partial charge in [0.1, 0.15) is 11.6 Å². The zero-order chi connectivity index (χ0) is 16.9. The van der Waals surface area contributed by atoms with E-state index in [0.29, 0.717) is 0 Å². The van der Waals surface area contributed by atoms with Crippen LogP contribution < -0.4 is 10.6 Å². The van der Waals surface area contributed by atoms with Gasteiger partial charge in [-0.05, 0) is 30.9 Å². The third kappa shape index (κ3) is 3.94. The quantitative estimate of drug-likeness (QED) is 0.696. The molecule has 1 saturated carbocycles. The van der Waals surface area contributed by atoms with Gasteiger partial charge in [-0.1, -0.05) is 36.8 Å². The number of nitrogens with zero attached hydrogens (tertiary/aromatic N) is 3. The third-order valence-electron chi connectivity index (χ3n) is 4.51. The average molecular weight is 331 g/mol. The van der Waals surface area contributed by atoms with Crippen LogP contribution in [0.15, 0.2) is 60.9 Å². The lowest BCUT2D eigenvalue weighted by Gasteiger charge is -2.25. The van der Waals surface area contributed by atoms with E-state index >= 15 is 0 Å². The summed E-state index contributed by atoms with van der Waals surface area (Å²) in [4.78, 5) is 13.4. The summed E-state index contributed by atoms with van der Waals surface area (Å²) in [6, 6.07) is 15.9. The molecule has 0 amide bonds. The van der Waals surface area contributed by atoms with E-state index in [9.17, 15) is 0 Å². The molecule has 5 nitrogen and oxygen atoms in total. The predicted molar refractivity (Wildman–Crippen MR) is 101 cm³/mol. The molecule has 2 N–H and O–H groups in total. The molecule has 1 aliphatic carbocycles. The minimum atomic E-state index is 0.718. The summed E-state index contributed by atoms with van der Waals surface area (Å²) in [6.07, 6.45) is 7.49.